The molecular weight excluding hydrogens is 384 g/mol. The third kappa shape index (κ3) is 3.65. The summed E-state index contributed by atoms with van der Waals surface area (Å²) in [5.74, 6) is 1.31. The highest BCUT2D eigenvalue weighted by atomic mass is 32.2. The first-order chi connectivity index (χ1) is 13.4. The zero-order valence-corrected chi connectivity index (χ0v) is 16.9. The molecule has 1 aromatic carbocycles. The van der Waals surface area contributed by atoms with Crippen LogP contribution in [0, 0.1) is 0 Å². The first-order valence-electron chi connectivity index (χ1n) is 8.52. The number of hydrogen-bond acceptors (Lipinski definition) is 7. The number of thioether (sulfide) groups is 1. The third-order valence-corrected chi connectivity index (χ3v) is 5.07. The van der Waals surface area contributed by atoms with Crippen molar-refractivity contribution in [2.75, 3.05) is 20.0 Å². The van der Waals surface area contributed by atoms with Crippen LogP contribution in [0.5, 0.6) is 11.5 Å². The second-order valence-electron chi connectivity index (χ2n) is 6.23. The molecule has 28 heavy (non-hydrogen) atoms. The molecule has 10 heteroatoms. The number of aryl methyl sites for hydroxylation is 1. The van der Waals surface area contributed by atoms with Gasteiger partial charge in [0.05, 0.1) is 13.7 Å². The van der Waals surface area contributed by atoms with Gasteiger partial charge in [-0.15, -0.1) is 0 Å². The highest BCUT2D eigenvalue weighted by Crippen LogP contribution is 2.21. The smallest absolute Gasteiger partial charge is 0.332 e. The lowest BCUT2D eigenvalue weighted by molar-refractivity contribution is 0.0913. The van der Waals surface area contributed by atoms with E-state index in [1.807, 2.05) is 6.26 Å². The summed E-state index contributed by atoms with van der Waals surface area (Å²) in [6.07, 6.45) is 0.938. The zero-order chi connectivity index (χ0) is 20.4. The Morgan fingerprint density at radius 2 is 1.79 bits per heavy atom. The Morgan fingerprint density at radius 3 is 2.39 bits per heavy atom. The number of aliphatic hydroxyl groups is 1. The van der Waals surface area contributed by atoms with Crippen molar-refractivity contribution in [1.82, 2.24) is 18.7 Å². The molecule has 0 saturated heterocycles. The SMILES string of the molecule is COc1ccc(OCC(O)Cn2c(SC)nc3c2c(=O)n(C)c(=O)n3C)cc1. The lowest BCUT2D eigenvalue weighted by Crippen LogP contribution is -2.38. The minimum absolute atomic E-state index is 0.0336. The predicted octanol–water partition coefficient (Wildman–Crippen LogP) is 0.604. The van der Waals surface area contributed by atoms with Crippen molar-refractivity contribution in [2.24, 2.45) is 14.1 Å². The van der Waals surface area contributed by atoms with Gasteiger partial charge in [-0.1, -0.05) is 11.8 Å². The van der Waals surface area contributed by atoms with Crippen molar-refractivity contribution in [3.63, 3.8) is 0 Å². The zero-order valence-electron chi connectivity index (χ0n) is 16.1. The van der Waals surface area contributed by atoms with Crippen LogP contribution in [0.4, 0.5) is 0 Å². The van der Waals surface area contributed by atoms with Crippen LogP contribution in [-0.2, 0) is 20.6 Å². The fourth-order valence-corrected chi connectivity index (χ4v) is 3.44. The lowest BCUT2D eigenvalue weighted by Gasteiger charge is -2.15. The lowest BCUT2D eigenvalue weighted by atomic mass is 10.3. The van der Waals surface area contributed by atoms with Crippen molar-refractivity contribution in [3.05, 3.63) is 45.1 Å². The van der Waals surface area contributed by atoms with Crippen molar-refractivity contribution in [1.29, 1.82) is 0 Å². The number of hydrogen-bond donors (Lipinski definition) is 1. The highest BCUT2D eigenvalue weighted by Gasteiger charge is 2.20. The van der Waals surface area contributed by atoms with Gasteiger partial charge < -0.3 is 19.1 Å². The molecule has 0 aliphatic rings. The molecule has 0 aliphatic carbocycles. The number of aliphatic hydroxyl groups excluding tert-OH is 1. The van der Waals surface area contributed by atoms with Crippen LogP contribution >= 0.6 is 11.8 Å². The molecule has 1 unspecified atom stereocenters. The average molecular weight is 406 g/mol. The highest BCUT2D eigenvalue weighted by molar-refractivity contribution is 7.98. The van der Waals surface area contributed by atoms with Gasteiger partial charge in [-0.2, -0.15) is 0 Å². The van der Waals surface area contributed by atoms with Crippen molar-refractivity contribution >= 4 is 22.9 Å². The Hall–Kier alpha value is -2.72. The maximum absolute atomic E-state index is 12.6. The molecule has 0 fully saturated rings. The Bertz CT molecular complexity index is 1100. The van der Waals surface area contributed by atoms with Gasteiger partial charge >= 0.3 is 5.69 Å². The average Bonchev–Trinajstić information content (AvgIpc) is 3.07. The van der Waals surface area contributed by atoms with Crippen LogP contribution in [0.3, 0.4) is 0 Å². The predicted molar refractivity (Wildman–Crippen MR) is 106 cm³/mol. The maximum atomic E-state index is 12.6. The van der Waals surface area contributed by atoms with Gasteiger partial charge in [0, 0.05) is 14.1 Å². The molecule has 0 saturated carbocycles. The largest absolute Gasteiger partial charge is 0.497 e. The van der Waals surface area contributed by atoms with Crippen LogP contribution in [0.25, 0.3) is 11.2 Å². The molecule has 1 atom stereocenters. The van der Waals surface area contributed by atoms with E-state index in [1.54, 1.807) is 43.0 Å². The van der Waals surface area contributed by atoms with Crippen molar-refractivity contribution in [2.45, 2.75) is 17.8 Å². The summed E-state index contributed by atoms with van der Waals surface area (Å²) in [6.45, 7) is 0.141. The van der Waals surface area contributed by atoms with Crippen molar-refractivity contribution in [3.8, 4) is 11.5 Å². The van der Waals surface area contributed by atoms with E-state index in [0.29, 0.717) is 22.3 Å². The summed E-state index contributed by atoms with van der Waals surface area (Å²) >= 11 is 1.33. The number of aromatic nitrogens is 4. The van der Waals surface area contributed by atoms with Gasteiger partial charge in [0.1, 0.15) is 24.2 Å². The number of benzene rings is 1. The second-order valence-corrected chi connectivity index (χ2v) is 7.00. The normalized spacial score (nSPS) is 12.3. The molecule has 0 bridgehead atoms. The van der Waals surface area contributed by atoms with Gasteiger partial charge in [0.2, 0.25) is 0 Å². The standard InChI is InChI=1S/C18H22N4O5S/c1-20-15-14(16(24)21(2)18(20)25)22(17(19-15)28-4)9-11(23)10-27-13-7-5-12(26-3)6-8-13/h5-8,11,23H,9-10H2,1-4H3. The molecule has 0 spiro atoms. The summed E-state index contributed by atoms with van der Waals surface area (Å²) in [7, 11) is 4.57. The number of nitrogens with zero attached hydrogens (tertiary/aromatic N) is 4. The summed E-state index contributed by atoms with van der Waals surface area (Å²) in [6, 6.07) is 7.02. The molecule has 9 nitrogen and oxygen atoms in total. The Labute approximate surface area is 165 Å². The number of methoxy groups -OCH3 is 1. The Balaban J connectivity index is 1.86. The fraction of sp³-hybridized carbons (Fsp3) is 0.389. The summed E-state index contributed by atoms with van der Waals surface area (Å²) in [5, 5.41) is 11.0. The summed E-state index contributed by atoms with van der Waals surface area (Å²) < 4.78 is 14.7. The molecular formula is C18H22N4O5S. The molecule has 0 amide bonds. The maximum Gasteiger partial charge on any atom is 0.332 e. The Kier molecular flexibility index (Phi) is 5.80. The van der Waals surface area contributed by atoms with E-state index < -0.39 is 17.4 Å². The minimum atomic E-state index is -0.882. The monoisotopic (exact) mass is 406 g/mol. The van der Waals surface area contributed by atoms with Gasteiger partial charge in [-0.25, -0.2) is 9.78 Å². The second kappa shape index (κ2) is 8.11. The van der Waals surface area contributed by atoms with E-state index in [4.69, 9.17) is 9.47 Å². The molecule has 0 radical (unpaired) electrons. The van der Waals surface area contributed by atoms with Crippen LogP contribution < -0.4 is 20.7 Å². The number of imidazole rings is 1. The molecule has 0 aliphatic heterocycles. The third-order valence-electron chi connectivity index (χ3n) is 4.39. The van der Waals surface area contributed by atoms with E-state index in [2.05, 4.69) is 4.98 Å². The summed E-state index contributed by atoms with van der Waals surface area (Å²) in [4.78, 5) is 29.2. The minimum Gasteiger partial charge on any atom is -0.497 e. The molecule has 2 heterocycles. The fourth-order valence-electron chi connectivity index (χ4n) is 2.88. The molecule has 2 aromatic heterocycles. The number of ether oxygens (including phenoxy) is 2. The van der Waals surface area contributed by atoms with Crippen LogP contribution in [-0.4, -0.2) is 49.9 Å². The Morgan fingerprint density at radius 1 is 1.14 bits per heavy atom. The van der Waals surface area contributed by atoms with E-state index in [1.165, 1.54) is 23.4 Å². The quantitative estimate of drug-likeness (QED) is 0.574. The van der Waals surface area contributed by atoms with Crippen LogP contribution in [0.2, 0.25) is 0 Å². The van der Waals surface area contributed by atoms with Gasteiger partial charge in [-0.3, -0.25) is 13.9 Å². The summed E-state index contributed by atoms with van der Waals surface area (Å²) in [5.41, 5.74) is -0.328. The van der Waals surface area contributed by atoms with E-state index in [-0.39, 0.29) is 18.7 Å². The van der Waals surface area contributed by atoms with Gasteiger partial charge in [0.15, 0.2) is 16.3 Å². The first kappa shape index (κ1) is 20.0. The van der Waals surface area contributed by atoms with E-state index in [9.17, 15) is 14.7 Å². The van der Waals surface area contributed by atoms with Crippen LogP contribution in [0.15, 0.2) is 39.0 Å². The van der Waals surface area contributed by atoms with E-state index in [0.717, 1.165) is 4.57 Å². The molecule has 3 aromatic rings. The molecule has 3 rings (SSSR count). The van der Waals surface area contributed by atoms with Gasteiger partial charge in [0.25, 0.3) is 5.56 Å². The van der Waals surface area contributed by atoms with Gasteiger partial charge in [-0.05, 0) is 30.5 Å². The molecule has 150 valence electrons. The van der Waals surface area contributed by atoms with Crippen LogP contribution in [0.1, 0.15) is 0 Å². The van der Waals surface area contributed by atoms with E-state index >= 15 is 0 Å². The van der Waals surface area contributed by atoms with Crippen molar-refractivity contribution < 1.29 is 14.6 Å². The number of fused-ring (bicyclic) bond motifs is 1. The topological polar surface area (TPSA) is 101 Å². The first-order valence-corrected chi connectivity index (χ1v) is 9.75. The molecule has 1 N–H and O–H groups in total. The number of rotatable bonds is 7.